The van der Waals surface area contributed by atoms with Gasteiger partial charge in [-0.2, -0.15) is 0 Å². The van der Waals surface area contributed by atoms with E-state index in [1.807, 2.05) is 0 Å². The van der Waals surface area contributed by atoms with Crippen LogP contribution in [0.1, 0.15) is 12.0 Å². The Morgan fingerprint density at radius 2 is 2.23 bits per heavy atom. The van der Waals surface area contributed by atoms with Crippen molar-refractivity contribution in [1.82, 2.24) is 0 Å². The lowest BCUT2D eigenvalue weighted by molar-refractivity contribution is -0.107. The molecule has 0 saturated heterocycles. The average molecular weight is 247 g/mol. The summed E-state index contributed by atoms with van der Waals surface area (Å²) in [5, 5.41) is 9.42. The number of halogens is 2. The van der Waals surface area contributed by atoms with Crippen molar-refractivity contribution in [3.05, 3.63) is 28.0 Å². The van der Waals surface area contributed by atoms with Crippen LogP contribution < -0.4 is 0 Å². The van der Waals surface area contributed by atoms with E-state index in [1.54, 1.807) is 0 Å². The Morgan fingerprint density at radius 1 is 1.54 bits per heavy atom. The first-order chi connectivity index (χ1) is 6.15. The van der Waals surface area contributed by atoms with Crippen molar-refractivity contribution in [2.75, 3.05) is 0 Å². The van der Waals surface area contributed by atoms with Crippen molar-refractivity contribution < 1.29 is 14.3 Å². The summed E-state index contributed by atoms with van der Waals surface area (Å²) in [5.74, 6) is -0.422. The molecule has 1 N–H and O–H groups in total. The summed E-state index contributed by atoms with van der Waals surface area (Å²) in [7, 11) is 0. The van der Waals surface area contributed by atoms with Crippen LogP contribution in [-0.2, 0) is 11.2 Å². The highest BCUT2D eigenvalue weighted by molar-refractivity contribution is 9.10. The SMILES string of the molecule is O=CCCc1cc(F)cc(Br)c1O. The lowest BCUT2D eigenvalue weighted by Crippen LogP contribution is -1.89. The molecule has 0 atom stereocenters. The zero-order chi connectivity index (χ0) is 9.84. The molecule has 0 fully saturated rings. The van der Waals surface area contributed by atoms with Crippen LogP contribution in [0, 0.1) is 5.82 Å². The van der Waals surface area contributed by atoms with Crippen LogP contribution in [0.15, 0.2) is 16.6 Å². The molecule has 0 aliphatic heterocycles. The molecule has 0 amide bonds. The van der Waals surface area contributed by atoms with Gasteiger partial charge in [-0.25, -0.2) is 4.39 Å². The minimum Gasteiger partial charge on any atom is -0.506 e. The van der Waals surface area contributed by atoms with Gasteiger partial charge in [-0.15, -0.1) is 0 Å². The molecule has 0 heterocycles. The van der Waals surface area contributed by atoms with Gasteiger partial charge >= 0.3 is 0 Å². The number of phenolic OH excluding ortho intramolecular Hbond substituents is 1. The van der Waals surface area contributed by atoms with Gasteiger partial charge in [0.25, 0.3) is 0 Å². The highest BCUT2D eigenvalue weighted by Crippen LogP contribution is 2.29. The van der Waals surface area contributed by atoms with Gasteiger partial charge < -0.3 is 9.90 Å². The van der Waals surface area contributed by atoms with Gasteiger partial charge in [0.2, 0.25) is 0 Å². The summed E-state index contributed by atoms with van der Waals surface area (Å²) < 4.78 is 13.1. The molecule has 1 rings (SSSR count). The quantitative estimate of drug-likeness (QED) is 0.833. The third-order valence-corrected chi connectivity index (χ3v) is 2.24. The van der Waals surface area contributed by atoms with Crippen LogP contribution in [-0.4, -0.2) is 11.4 Å². The summed E-state index contributed by atoms with van der Waals surface area (Å²) in [6, 6.07) is 2.41. The largest absolute Gasteiger partial charge is 0.506 e. The van der Waals surface area contributed by atoms with E-state index in [9.17, 15) is 14.3 Å². The van der Waals surface area contributed by atoms with Gasteiger partial charge in [0.05, 0.1) is 4.47 Å². The van der Waals surface area contributed by atoms with E-state index in [0.29, 0.717) is 16.5 Å². The van der Waals surface area contributed by atoms with Crippen molar-refractivity contribution in [2.24, 2.45) is 0 Å². The first kappa shape index (κ1) is 10.2. The van der Waals surface area contributed by atoms with Gasteiger partial charge in [-0.3, -0.25) is 0 Å². The highest BCUT2D eigenvalue weighted by atomic mass is 79.9. The molecule has 0 saturated carbocycles. The summed E-state index contributed by atoms with van der Waals surface area (Å²) in [5.41, 5.74) is 0.443. The number of hydrogen-bond acceptors (Lipinski definition) is 2. The zero-order valence-corrected chi connectivity index (χ0v) is 8.34. The summed E-state index contributed by atoms with van der Waals surface area (Å²) in [6.07, 6.45) is 1.37. The first-order valence-electron chi connectivity index (χ1n) is 3.75. The number of aromatic hydroxyl groups is 1. The number of aryl methyl sites for hydroxylation is 1. The Bertz CT molecular complexity index is 326. The lowest BCUT2D eigenvalue weighted by atomic mass is 10.1. The normalized spacial score (nSPS) is 10.0. The maximum absolute atomic E-state index is 12.8. The van der Waals surface area contributed by atoms with E-state index in [2.05, 4.69) is 15.9 Å². The van der Waals surface area contributed by atoms with Crippen molar-refractivity contribution in [2.45, 2.75) is 12.8 Å². The molecule has 1 aromatic carbocycles. The van der Waals surface area contributed by atoms with Crippen molar-refractivity contribution in [3.8, 4) is 5.75 Å². The van der Waals surface area contributed by atoms with E-state index < -0.39 is 5.82 Å². The van der Waals surface area contributed by atoms with Gasteiger partial charge in [0.15, 0.2) is 0 Å². The van der Waals surface area contributed by atoms with Gasteiger partial charge in [-0.1, -0.05) is 0 Å². The monoisotopic (exact) mass is 246 g/mol. The number of rotatable bonds is 3. The highest BCUT2D eigenvalue weighted by Gasteiger charge is 2.07. The fourth-order valence-corrected chi connectivity index (χ4v) is 1.50. The molecule has 0 bridgehead atoms. The predicted octanol–water partition coefficient (Wildman–Crippen LogP) is 2.43. The molecule has 2 nitrogen and oxygen atoms in total. The number of phenols is 1. The first-order valence-corrected chi connectivity index (χ1v) is 4.55. The Hall–Kier alpha value is -0.900. The van der Waals surface area contributed by atoms with Crippen LogP contribution in [0.3, 0.4) is 0 Å². The van der Waals surface area contributed by atoms with Gasteiger partial charge in [0.1, 0.15) is 17.9 Å². The standard InChI is InChI=1S/C9H8BrFO2/c10-8-5-7(11)4-6(9(8)13)2-1-3-12/h3-5,13H,1-2H2. The fourth-order valence-electron chi connectivity index (χ4n) is 1.02. The number of aldehydes is 1. The minimum absolute atomic E-state index is 0.00301. The Labute approximate surface area is 83.5 Å². The molecular formula is C9H8BrFO2. The second-order valence-electron chi connectivity index (χ2n) is 2.60. The second-order valence-corrected chi connectivity index (χ2v) is 3.46. The maximum atomic E-state index is 12.8. The molecule has 70 valence electrons. The third-order valence-electron chi connectivity index (χ3n) is 1.64. The van der Waals surface area contributed by atoms with E-state index in [-0.39, 0.29) is 12.2 Å². The minimum atomic E-state index is -0.425. The van der Waals surface area contributed by atoms with Gasteiger partial charge in [0, 0.05) is 6.42 Å². The van der Waals surface area contributed by atoms with E-state index in [4.69, 9.17) is 0 Å². The summed E-state index contributed by atoms with van der Waals surface area (Å²) in [4.78, 5) is 10.1. The van der Waals surface area contributed by atoms with Crippen LogP contribution in [0.4, 0.5) is 4.39 Å². The van der Waals surface area contributed by atoms with E-state index in [0.717, 1.165) is 6.29 Å². The Kier molecular flexibility index (Phi) is 3.42. The number of benzene rings is 1. The van der Waals surface area contributed by atoms with Crippen LogP contribution in [0.2, 0.25) is 0 Å². The molecular weight excluding hydrogens is 239 g/mol. The zero-order valence-electron chi connectivity index (χ0n) is 6.76. The molecule has 0 aromatic heterocycles. The smallest absolute Gasteiger partial charge is 0.133 e. The number of hydrogen-bond donors (Lipinski definition) is 1. The van der Waals surface area contributed by atoms with E-state index in [1.165, 1.54) is 12.1 Å². The average Bonchev–Trinajstić information content (AvgIpc) is 2.09. The molecule has 0 spiro atoms. The van der Waals surface area contributed by atoms with Crippen molar-refractivity contribution >= 4 is 22.2 Å². The lowest BCUT2D eigenvalue weighted by Gasteiger charge is -2.04. The molecule has 4 heteroatoms. The number of carbonyl (C=O) groups is 1. The van der Waals surface area contributed by atoms with Gasteiger partial charge in [-0.05, 0) is 40.0 Å². The summed E-state index contributed by atoms with van der Waals surface area (Å²) in [6.45, 7) is 0. The topological polar surface area (TPSA) is 37.3 Å². The third kappa shape index (κ3) is 2.52. The summed E-state index contributed by atoms with van der Waals surface area (Å²) >= 11 is 3.01. The maximum Gasteiger partial charge on any atom is 0.133 e. The Balaban J connectivity index is 2.98. The van der Waals surface area contributed by atoms with Crippen LogP contribution in [0.25, 0.3) is 0 Å². The molecule has 0 aliphatic rings. The second kappa shape index (κ2) is 4.37. The molecule has 0 unspecified atom stereocenters. The van der Waals surface area contributed by atoms with E-state index >= 15 is 0 Å². The van der Waals surface area contributed by atoms with Crippen molar-refractivity contribution in [3.63, 3.8) is 0 Å². The van der Waals surface area contributed by atoms with Crippen LogP contribution in [0.5, 0.6) is 5.75 Å². The van der Waals surface area contributed by atoms with Crippen LogP contribution >= 0.6 is 15.9 Å². The molecule has 1 aromatic rings. The molecule has 0 aliphatic carbocycles. The predicted molar refractivity (Wildman–Crippen MR) is 50.1 cm³/mol. The fraction of sp³-hybridized carbons (Fsp3) is 0.222. The molecule has 13 heavy (non-hydrogen) atoms. The molecule has 0 radical (unpaired) electrons. The Morgan fingerprint density at radius 3 is 2.85 bits per heavy atom. The number of carbonyl (C=O) groups excluding carboxylic acids is 1. The van der Waals surface area contributed by atoms with Crippen molar-refractivity contribution in [1.29, 1.82) is 0 Å².